The van der Waals surface area contributed by atoms with Crippen LogP contribution in [0, 0.1) is 0 Å². The molecule has 0 aliphatic rings. The maximum Gasteiger partial charge on any atom is 0.233 e. The molecule has 1 N–H and O–H groups in total. The number of aromatic nitrogens is 2. The first-order valence-corrected chi connectivity index (χ1v) is 5.44. The molecule has 0 aliphatic carbocycles. The van der Waals surface area contributed by atoms with Crippen molar-refractivity contribution >= 4 is 0 Å². The smallest absolute Gasteiger partial charge is 0.233 e. The van der Waals surface area contributed by atoms with Crippen molar-refractivity contribution in [2.24, 2.45) is 0 Å². The molecule has 1 aromatic heterocycles. The molecule has 4 nitrogen and oxygen atoms in total. The van der Waals surface area contributed by atoms with Gasteiger partial charge in [-0.1, -0.05) is 30.3 Å². The molecule has 0 radical (unpaired) electrons. The number of aliphatic hydroxyl groups is 1. The molecule has 0 saturated carbocycles. The molecule has 1 heterocycles. The number of nitrogens with zero attached hydrogens (tertiary/aromatic N) is 2. The third-order valence-electron chi connectivity index (χ3n) is 2.42. The van der Waals surface area contributed by atoms with Gasteiger partial charge < -0.3 is 9.84 Å². The Morgan fingerprint density at radius 1 is 1.12 bits per heavy atom. The molecule has 4 heteroatoms. The van der Waals surface area contributed by atoms with Crippen molar-refractivity contribution in [2.75, 3.05) is 0 Å². The van der Waals surface area contributed by atoms with Crippen LogP contribution in [0.4, 0.5) is 0 Å². The van der Waals surface area contributed by atoms with Gasteiger partial charge in [-0.2, -0.15) is 0 Å². The fourth-order valence-corrected chi connectivity index (χ4v) is 1.47. The zero-order valence-corrected chi connectivity index (χ0v) is 9.58. The number of rotatable bonds is 4. The highest BCUT2D eigenvalue weighted by Crippen LogP contribution is 2.18. The second kappa shape index (κ2) is 5.41. The third kappa shape index (κ3) is 3.01. The van der Waals surface area contributed by atoms with E-state index in [4.69, 9.17) is 9.84 Å². The van der Waals surface area contributed by atoms with E-state index in [2.05, 4.69) is 10.2 Å². The number of aliphatic hydroxyl groups excluding tert-OH is 1. The van der Waals surface area contributed by atoms with Gasteiger partial charge in [0.25, 0.3) is 0 Å². The van der Waals surface area contributed by atoms with E-state index in [0.29, 0.717) is 11.6 Å². The molecule has 17 heavy (non-hydrogen) atoms. The Morgan fingerprint density at radius 3 is 2.47 bits per heavy atom. The van der Waals surface area contributed by atoms with Gasteiger partial charge >= 0.3 is 0 Å². The third-order valence-corrected chi connectivity index (χ3v) is 2.42. The first kappa shape index (κ1) is 11.5. The number of hydrogen-bond donors (Lipinski definition) is 1. The summed E-state index contributed by atoms with van der Waals surface area (Å²) >= 11 is 0. The summed E-state index contributed by atoms with van der Waals surface area (Å²) in [6, 6.07) is 13.3. The van der Waals surface area contributed by atoms with Crippen LogP contribution in [0.25, 0.3) is 0 Å². The van der Waals surface area contributed by atoms with Crippen molar-refractivity contribution < 1.29 is 9.84 Å². The van der Waals surface area contributed by atoms with Crippen LogP contribution in [0.15, 0.2) is 42.5 Å². The first-order chi connectivity index (χ1) is 8.29. The van der Waals surface area contributed by atoms with Crippen LogP contribution in [0.2, 0.25) is 0 Å². The SMILES string of the molecule is CC(Oc1ccc(CO)nn1)c1ccccc1. The van der Waals surface area contributed by atoms with Crippen molar-refractivity contribution in [2.45, 2.75) is 19.6 Å². The topological polar surface area (TPSA) is 55.2 Å². The van der Waals surface area contributed by atoms with E-state index >= 15 is 0 Å². The highest BCUT2D eigenvalue weighted by Gasteiger charge is 2.07. The molecule has 1 unspecified atom stereocenters. The highest BCUT2D eigenvalue weighted by molar-refractivity contribution is 5.19. The second-order valence-corrected chi connectivity index (χ2v) is 3.69. The molecule has 0 bridgehead atoms. The van der Waals surface area contributed by atoms with Gasteiger partial charge in [0.2, 0.25) is 5.88 Å². The van der Waals surface area contributed by atoms with Gasteiger partial charge in [-0.3, -0.25) is 0 Å². The summed E-state index contributed by atoms with van der Waals surface area (Å²) in [5.41, 5.74) is 1.62. The Labute approximate surface area is 99.9 Å². The van der Waals surface area contributed by atoms with Gasteiger partial charge in [0.1, 0.15) is 6.10 Å². The van der Waals surface area contributed by atoms with Crippen LogP contribution in [0.5, 0.6) is 5.88 Å². The standard InChI is InChI=1S/C13H14N2O2/c1-10(11-5-3-2-4-6-11)17-13-8-7-12(9-16)14-15-13/h2-8,10,16H,9H2,1H3. The fourth-order valence-electron chi connectivity index (χ4n) is 1.47. The van der Waals surface area contributed by atoms with E-state index in [0.717, 1.165) is 5.56 Å². The molecule has 2 rings (SSSR count). The van der Waals surface area contributed by atoms with Crippen molar-refractivity contribution in [3.05, 3.63) is 53.7 Å². The van der Waals surface area contributed by atoms with E-state index in [1.54, 1.807) is 12.1 Å². The molecule has 0 fully saturated rings. The molecule has 88 valence electrons. The summed E-state index contributed by atoms with van der Waals surface area (Å²) in [6.07, 6.45) is -0.0783. The Hall–Kier alpha value is -1.94. The lowest BCUT2D eigenvalue weighted by molar-refractivity contribution is 0.213. The number of benzene rings is 1. The lowest BCUT2D eigenvalue weighted by Gasteiger charge is -2.13. The largest absolute Gasteiger partial charge is 0.469 e. The minimum atomic E-state index is -0.110. The maximum absolute atomic E-state index is 8.85. The normalized spacial score (nSPS) is 12.1. The molecule has 1 atom stereocenters. The van der Waals surface area contributed by atoms with Crippen LogP contribution >= 0.6 is 0 Å². The molecule has 2 aromatic rings. The van der Waals surface area contributed by atoms with Gasteiger partial charge in [0.05, 0.1) is 12.3 Å². The second-order valence-electron chi connectivity index (χ2n) is 3.69. The lowest BCUT2D eigenvalue weighted by Crippen LogP contribution is -2.05. The van der Waals surface area contributed by atoms with E-state index in [1.165, 1.54) is 0 Å². The maximum atomic E-state index is 8.85. The summed E-state index contributed by atoms with van der Waals surface area (Å²) in [6.45, 7) is 1.85. The minimum absolute atomic E-state index is 0.0783. The Morgan fingerprint density at radius 2 is 1.88 bits per heavy atom. The van der Waals surface area contributed by atoms with E-state index in [9.17, 15) is 0 Å². The Kier molecular flexibility index (Phi) is 3.67. The van der Waals surface area contributed by atoms with Gasteiger partial charge in [-0.05, 0) is 18.6 Å². The fraction of sp³-hybridized carbons (Fsp3) is 0.231. The van der Waals surface area contributed by atoms with Crippen molar-refractivity contribution in [1.29, 1.82) is 0 Å². The predicted molar refractivity (Wildman–Crippen MR) is 63.4 cm³/mol. The first-order valence-electron chi connectivity index (χ1n) is 5.44. The average molecular weight is 230 g/mol. The van der Waals surface area contributed by atoms with Crippen molar-refractivity contribution in [3.63, 3.8) is 0 Å². The lowest BCUT2D eigenvalue weighted by atomic mass is 10.1. The molecule has 0 amide bonds. The minimum Gasteiger partial charge on any atom is -0.469 e. The van der Waals surface area contributed by atoms with Crippen molar-refractivity contribution in [3.8, 4) is 5.88 Å². The Balaban J connectivity index is 2.05. The van der Waals surface area contributed by atoms with Crippen molar-refractivity contribution in [1.82, 2.24) is 10.2 Å². The van der Waals surface area contributed by atoms with Gasteiger partial charge in [0.15, 0.2) is 0 Å². The summed E-state index contributed by atoms with van der Waals surface area (Å²) in [7, 11) is 0. The average Bonchev–Trinajstić information content (AvgIpc) is 2.40. The Bertz CT molecular complexity index is 457. The van der Waals surface area contributed by atoms with E-state index in [-0.39, 0.29) is 12.7 Å². The predicted octanol–water partition coefficient (Wildman–Crippen LogP) is 2.11. The van der Waals surface area contributed by atoms with Crippen LogP contribution in [-0.2, 0) is 6.61 Å². The van der Waals surface area contributed by atoms with Crippen LogP contribution in [-0.4, -0.2) is 15.3 Å². The van der Waals surface area contributed by atoms with Crippen LogP contribution < -0.4 is 4.74 Å². The van der Waals surface area contributed by atoms with Gasteiger partial charge in [0, 0.05) is 6.07 Å². The monoisotopic (exact) mass is 230 g/mol. The highest BCUT2D eigenvalue weighted by atomic mass is 16.5. The van der Waals surface area contributed by atoms with E-state index < -0.39 is 0 Å². The molecule has 0 spiro atoms. The zero-order chi connectivity index (χ0) is 12.1. The zero-order valence-electron chi connectivity index (χ0n) is 9.58. The molecule has 1 aromatic carbocycles. The summed E-state index contributed by atoms with van der Waals surface area (Å²) in [4.78, 5) is 0. The quantitative estimate of drug-likeness (QED) is 0.874. The van der Waals surface area contributed by atoms with E-state index in [1.807, 2.05) is 37.3 Å². The molecular formula is C13H14N2O2. The van der Waals surface area contributed by atoms with Crippen LogP contribution in [0.3, 0.4) is 0 Å². The van der Waals surface area contributed by atoms with Crippen LogP contribution in [0.1, 0.15) is 24.3 Å². The number of hydrogen-bond acceptors (Lipinski definition) is 4. The summed E-state index contributed by atoms with van der Waals surface area (Å²) in [5.74, 6) is 0.457. The summed E-state index contributed by atoms with van der Waals surface area (Å²) < 4.78 is 5.64. The molecule has 0 saturated heterocycles. The van der Waals surface area contributed by atoms with Gasteiger partial charge in [-0.15, -0.1) is 10.2 Å². The summed E-state index contributed by atoms with van der Waals surface area (Å²) in [5, 5.41) is 16.5. The molecular weight excluding hydrogens is 216 g/mol. The number of ether oxygens (including phenoxy) is 1. The molecule has 0 aliphatic heterocycles. The van der Waals surface area contributed by atoms with Gasteiger partial charge in [-0.25, -0.2) is 0 Å².